The number of hydrogen-bond donors (Lipinski definition) is 0. The van der Waals surface area contributed by atoms with Crippen molar-refractivity contribution in [3.05, 3.63) is 46.8 Å². The molecule has 0 aliphatic heterocycles. The predicted octanol–water partition coefficient (Wildman–Crippen LogP) is 4.89. The topological polar surface area (TPSA) is 55.8 Å². The summed E-state index contributed by atoms with van der Waals surface area (Å²) in [5.74, 6) is -0.147. The molecular formula is C24H34N3O2+. The zero-order valence-electron chi connectivity index (χ0n) is 18.0. The van der Waals surface area contributed by atoms with E-state index in [9.17, 15) is 9.59 Å². The normalized spacial score (nSPS) is 12.9. The van der Waals surface area contributed by atoms with Gasteiger partial charge in [0.25, 0.3) is 0 Å². The van der Waals surface area contributed by atoms with Crippen LogP contribution in [0.2, 0.25) is 0 Å². The van der Waals surface area contributed by atoms with Crippen LogP contribution in [0.15, 0.2) is 24.3 Å². The van der Waals surface area contributed by atoms with Crippen LogP contribution in [0.3, 0.4) is 0 Å². The quantitative estimate of drug-likeness (QED) is 0.324. The summed E-state index contributed by atoms with van der Waals surface area (Å²) in [5, 5.41) is 4.66. The van der Waals surface area contributed by atoms with E-state index >= 15 is 0 Å². The van der Waals surface area contributed by atoms with E-state index in [0.717, 1.165) is 25.7 Å². The Kier molecular flexibility index (Phi) is 7.73. The van der Waals surface area contributed by atoms with Gasteiger partial charge in [-0.3, -0.25) is 9.59 Å². The van der Waals surface area contributed by atoms with E-state index in [1.807, 2.05) is 12.1 Å². The number of aromatic nitrogens is 3. The maximum atomic E-state index is 13.2. The first-order valence-electron chi connectivity index (χ1n) is 11.4. The minimum atomic E-state index is -0.0755. The van der Waals surface area contributed by atoms with Gasteiger partial charge < -0.3 is 0 Å². The van der Waals surface area contributed by atoms with Crippen molar-refractivity contribution in [1.82, 2.24) is 9.90 Å². The third-order valence-electron chi connectivity index (χ3n) is 5.75. The third-order valence-corrected chi connectivity index (χ3v) is 5.75. The lowest BCUT2D eigenvalue weighted by Gasteiger charge is -2.11. The molecule has 0 N–H and O–H groups in total. The Hall–Kier alpha value is -2.30. The first kappa shape index (κ1) is 21.4. The molecule has 0 saturated carbocycles. The molecule has 0 atom stereocenters. The number of fused-ring (bicyclic) bond motifs is 2. The summed E-state index contributed by atoms with van der Waals surface area (Å²) in [5.41, 5.74) is 1.96. The zero-order valence-corrected chi connectivity index (χ0v) is 18.0. The van der Waals surface area contributed by atoms with Gasteiger partial charge in [0, 0.05) is 11.1 Å². The van der Waals surface area contributed by atoms with Crippen LogP contribution in [0.4, 0.5) is 0 Å². The van der Waals surface area contributed by atoms with Crippen LogP contribution in [0, 0.1) is 0 Å². The summed E-state index contributed by atoms with van der Waals surface area (Å²) < 4.78 is 3.55. The van der Waals surface area contributed by atoms with E-state index in [0.29, 0.717) is 35.6 Å². The van der Waals surface area contributed by atoms with Gasteiger partial charge in [-0.15, -0.1) is 9.36 Å². The second kappa shape index (κ2) is 10.5. The fraction of sp³-hybridized carbons (Fsp3) is 0.583. The van der Waals surface area contributed by atoms with Crippen LogP contribution in [-0.4, -0.2) is 21.5 Å². The Morgan fingerprint density at radius 1 is 0.793 bits per heavy atom. The molecule has 5 nitrogen and oxygen atoms in total. The lowest BCUT2D eigenvalue weighted by atomic mass is 9.90. The highest BCUT2D eigenvalue weighted by molar-refractivity contribution is 6.26. The minimum absolute atomic E-state index is 0.0717. The van der Waals surface area contributed by atoms with Gasteiger partial charge in [-0.1, -0.05) is 83.1 Å². The van der Waals surface area contributed by atoms with Gasteiger partial charge in [0.15, 0.2) is 0 Å². The molecule has 29 heavy (non-hydrogen) atoms. The van der Waals surface area contributed by atoms with Gasteiger partial charge in [0.1, 0.15) is 13.1 Å². The monoisotopic (exact) mass is 396 g/mol. The molecule has 2 aromatic rings. The highest BCUT2D eigenvalue weighted by Crippen LogP contribution is 2.25. The van der Waals surface area contributed by atoms with E-state index in [4.69, 9.17) is 0 Å². The van der Waals surface area contributed by atoms with Crippen LogP contribution < -0.4 is 4.68 Å². The maximum Gasteiger partial charge on any atom is 0.249 e. The molecule has 0 bridgehead atoms. The fourth-order valence-electron chi connectivity index (χ4n) is 4.06. The van der Waals surface area contributed by atoms with E-state index < -0.39 is 0 Å². The molecule has 0 unspecified atom stereocenters. The standard InChI is InChI=1S/C24H34N3O2/c1-3-5-7-8-9-10-11-14-18-27-22-21(26(25-27)17-6-4-2)23(28)19-15-12-13-16-20(19)24(22)29/h12-13,15-16H,3-11,14,17-18H2,1-2H3/q+1. The number of hydrogen-bond acceptors (Lipinski definition) is 3. The van der Waals surface area contributed by atoms with Crippen LogP contribution in [0.5, 0.6) is 0 Å². The zero-order chi connectivity index (χ0) is 20.6. The summed E-state index contributed by atoms with van der Waals surface area (Å²) in [6.07, 6.45) is 11.8. The fourth-order valence-corrected chi connectivity index (χ4v) is 4.06. The van der Waals surface area contributed by atoms with Crippen molar-refractivity contribution in [3.8, 4) is 0 Å². The number of carbonyl (C=O) groups is 2. The highest BCUT2D eigenvalue weighted by Gasteiger charge is 2.42. The van der Waals surface area contributed by atoms with E-state index in [1.165, 1.54) is 38.5 Å². The van der Waals surface area contributed by atoms with Gasteiger partial charge in [0.2, 0.25) is 23.0 Å². The molecule has 1 heterocycles. The van der Waals surface area contributed by atoms with Crippen molar-refractivity contribution in [2.75, 3.05) is 0 Å². The summed E-state index contributed by atoms with van der Waals surface area (Å²) in [7, 11) is 0. The summed E-state index contributed by atoms with van der Waals surface area (Å²) in [4.78, 5) is 26.3. The molecule has 0 spiro atoms. The molecule has 0 amide bonds. The van der Waals surface area contributed by atoms with Crippen molar-refractivity contribution >= 4 is 11.6 Å². The van der Waals surface area contributed by atoms with E-state index in [1.54, 1.807) is 21.5 Å². The SMILES string of the molecule is CCCCCCCCCC[n+]1nn(CCCC)c2c1C(=O)c1ccccc1C2=O. The van der Waals surface area contributed by atoms with Crippen molar-refractivity contribution in [1.29, 1.82) is 0 Å². The number of carbonyl (C=O) groups excluding carboxylic acids is 2. The molecule has 0 fully saturated rings. The van der Waals surface area contributed by atoms with Crippen LogP contribution in [-0.2, 0) is 13.1 Å². The average molecular weight is 397 g/mol. The Bertz CT molecular complexity index is 854. The first-order valence-corrected chi connectivity index (χ1v) is 11.4. The molecule has 1 aromatic heterocycles. The maximum absolute atomic E-state index is 13.2. The smallest absolute Gasteiger partial charge is 0.249 e. The molecule has 156 valence electrons. The Balaban J connectivity index is 1.72. The average Bonchev–Trinajstić information content (AvgIpc) is 3.11. The van der Waals surface area contributed by atoms with Gasteiger partial charge in [-0.2, -0.15) is 0 Å². The Morgan fingerprint density at radius 3 is 2.03 bits per heavy atom. The van der Waals surface area contributed by atoms with Crippen molar-refractivity contribution in [2.45, 2.75) is 91.1 Å². The number of unbranched alkanes of at least 4 members (excludes halogenated alkanes) is 8. The second-order valence-corrected chi connectivity index (χ2v) is 8.07. The van der Waals surface area contributed by atoms with Crippen LogP contribution in [0.1, 0.15) is 110 Å². The summed E-state index contributed by atoms with van der Waals surface area (Å²) in [6, 6.07) is 7.14. The van der Waals surface area contributed by atoms with Gasteiger partial charge >= 0.3 is 0 Å². The second-order valence-electron chi connectivity index (χ2n) is 8.07. The van der Waals surface area contributed by atoms with E-state index in [-0.39, 0.29) is 11.6 Å². The largest absolute Gasteiger partial charge is 0.284 e. The summed E-state index contributed by atoms with van der Waals surface area (Å²) >= 11 is 0. The van der Waals surface area contributed by atoms with Crippen molar-refractivity contribution < 1.29 is 14.3 Å². The molecule has 1 aliphatic carbocycles. The van der Waals surface area contributed by atoms with Gasteiger partial charge in [-0.05, 0) is 19.3 Å². The van der Waals surface area contributed by atoms with Gasteiger partial charge in [0.05, 0.1) is 5.21 Å². The number of nitrogens with zero attached hydrogens (tertiary/aromatic N) is 3. The van der Waals surface area contributed by atoms with Crippen LogP contribution >= 0.6 is 0 Å². The molecule has 0 saturated heterocycles. The highest BCUT2D eigenvalue weighted by atomic mass is 16.1. The molecule has 5 heteroatoms. The first-order chi connectivity index (χ1) is 14.2. The molecule has 1 aromatic carbocycles. The Labute approximate surface area is 174 Å². The van der Waals surface area contributed by atoms with E-state index in [2.05, 4.69) is 19.1 Å². The molecule has 0 radical (unpaired) electrons. The predicted molar refractivity (Wildman–Crippen MR) is 113 cm³/mol. The van der Waals surface area contributed by atoms with Crippen molar-refractivity contribution in [2.24, 2.45) is 0 Å². The number of aryl methyl sites for hydroxylation is 2. The Morgan fingerprint density at radius 2 is 1.38 bits per heavy atom. The van der Waals surface area contributed by atoms with Crippen LogP contribution in [0.25, 0.3) is 0 Å². The van der Waals surface area contributed by atoms with Crippen molar-refractivity contribution in [3.63, 3.8) is 0 Å². The molecular weight excluding hydrogens is 362 g/mol. The number of benzene rings is 1. The molecule has 3 rings (SSSR count). The molecule has 1 aliphatic rings. The lowest BCUT2D eigenvalue weighted by Crippen LogP contribution is -2.43. The minimum Gasteiger partial charge on any atom is -0.284 e. The van der Waals surface area contributed by atoms with Gasteiger partial charge in [-0.25, -0.2) is 0 Å². The number of ketones is 2. The lowest BCUT2D eigenvalue weighted by molar-refractivity contribution is -0.757. The third kappa shape index (κ3) is 4.82. The summed E-state index contributed by atoms with van der Waals surface area (Å²) in [6.45, 7) is 5.72. The number of rotatable bonds is 12.